The first-order valence-corrected chi connectivity index (χ1v) is 15.6. The summed E-state index contributed by atoms with van der Waals surface area (Å²) in [5, 5.41) is 10.3. The fraction of sp³-hybridized carbons (Fsp3) is 0. The van der Waals surface area contributed by atoms with Crippen molar-refractivity contribution < 1.29 is 0 Å². The van der Waals surface area contributed by atoms with E-state index >= 15 is 0 Å². The molecule has 1 heterocycles. The number of rotatable bonds is 3. The molecule has 0 amide bonds. The van der Waals surface area contributed by atoms with Gasteiger partial charge in [0.2, 0.25) is 0 Å². The molecule has 0 atom stereocenters. The van der Waals surface area contributed by atoms with Crippen LogP contribution in [0.15, 0.2) is 158 Å². The minimum absolute atomic E-state index is 1.24. The van der Waals surface area contributed by atoms with Gasteiger partial charge in [0.15, 0.2) is 0 Å². The van der Waals surface area contributed by atoms with Crippen molar-refractivity contribution in [1.29, 1.82) is 0 Å². The predicted molar refractivity (Wildman–Crippen MR) is 188 cm³/mol. The molecule has 1 heteroatoms. The molecular weight excluding hydrogens is 537 g/mol. The molecule has 9 aromatic rings. The van der Waals surface area contributed by atoms with Gasteiger partial charge in [-0.3, -0.25) is 0 Å². The van der Waals surface area contributed by atoms with Crippen LogP contribution in [0, 0.1) is 0 Å². The topological polar surface area (TPSA) is 0 Å². The molecule has 0 radical (unpaired) electrons. The van der Waals surface area contributed by atoms with E-state index in [4.69, 9.17) is 0 Å². The minimum Gasteiger partial charge on any atom is -0.135 e. The number of benzene rings is 8. The Balaban J connectivity index is 1.44. The fourth-order valence-corrected chi connectivity index (χ4v) is 8.14. The summed E-state index contributed by atoms with van der Waals surface area (Å²) in [6.07, 6.45) is 0. The van der Waals surface area contributed by atoms with Gasteiger partial charge in [0.25, 0.3) is 0 Å². The molecule has 0 fully saturated rings. The number of hydrogen-bond donors (Lipinski definition) is 0. The van der Waals surface area contributed by atoms with E-state index in [0.717, 1.165) is 0 Å². The standard InChI is InChI=1S/C42H26S/c1-2-13-28(14-3-1)40-33-17-6-7-18-34(33)41(32-21-10-15-27-12-4-5-16-30(27)32)35-25-24-29(26-37(35)40)31-20-11-23-39-42(31)36-19-8-9-22-38(36)43-39/h1-26H. The average molecular weight is 563 g/mol. The molecule has 0 N–H and O–H groups in total. The molecule has 9 rings (SSSR count). The molecule has 1 aromatic heterocycles. The Kier molecular flexibility index (Phi) is 5.47. The summed E-state index contributed by atoms with van der Waals surface area (Å²) >= 11 is 1.88. The normalized spacial score (nSPS) is 11.7. The highest BCUT2D eigenvalue weighted by atomic mass is 32.1. The van der Waals surface area contributed by atoms with E-state index in [2.05, 4.69) is 158 Å². The van der Waals surface area contributed by atoms with Crippen LogP contribution in [0.3, 0.4) is 0 Å². The molecule has 0 aliphatic heterocycles. The Morgan fingerprint density at radius 1 is 0.326 bits per heavy atom. The Hall–Kier alpha value is -5.24. The fourth-order valence-electron chi connectivity index (χ4n) is 7.01. The first-order valence-electron chi connectivity index (χ1n) is 14.8. The number of thiophene rings is 1. The van der Waals surface area contributed by atoms with Crippen molar-refractivity contribution in [3.8, 4) is 33.4 Å². The summed E-state index contributed by atoms with van der Waals surface area (Å²) in [4.78, 5) is 0. The zero-order chi connectivity index (χ0) is 28.3. The molecule has 0 bridgehead atoms. The van der Waals surface area contributed by atoms with E-state index in [1.54, 1.807) is 0 Å². The predicted octanol–water partition coefficient (Wildman–Crippen LogP) is 12.5. The molecule has 0 saturated carbocycles. The van der Waals surface area contributed by atoms with Crippen LogP contribution >= 0.6 is 11.3 Å². The molecule has 8 aromatic carbocycles. The van der Waals surface area contributed by atoms with Gasteiger partial charge in [-0.05, 0) is 83.9 Å². The largest absolute Gasteiger partial charge is 0.135 e. The smallest absolute Gasteiger partial charge is 0.0361 e. The van der Waals surface area contributed by atoms with Gasteiger partial charge in [0, 0.05) is 20.2 Å². The van der Waals surface area contributed by atoms with Crippen LogP contribution in [0.25, 0.3) is 85.9 Å². The third-order valence-corrected chi connectivity index (χ3v) is 9.99. The second-order valence-corrected chi connectivity index (χ2v) is 12.3. The third-order valence-electron chi connectivity index (χ3n) is 8.86. The molecule has 43 heavy (non-hydrogen) atoms. The lowest BCUT2D eigenvalue weighted by Crippen LogP contribution is -1.92. The maximum atomic E-state index is 2.44. The lowest BCUT2D eigenvalue weighted by atomic mass is 9.83. The molecule has 0 nitrogen and oxygen atoms in total. The lowest BCUT2D eigenvalue weighted by molar-refractivity contribution is 1.66. The summed E-state index contributed by atoms with van der Waals surface area (Å²) in [5.41, 5.74) is 7.64. The van der Waals surface area contributed by atoms with Gasteiger partial charge >= 0.3 is 0 Å². The van der Waals surface area contributed by atoms with E-state index in [1.165, 1.54) is 85.9 Å². The maximum absolute atomic E-state index is 2.44. The summed E-state index contributed by atoms with van der Waals surface area (Å²) in [6.45, 7) is 0. The first kappa shape index (κ1) is 24.4. The Labute approximate surface area is 254 Å². The van der Waals surface area contributed by atoms with Gasteiger partial charge in [0.1, 0.15) is 0 Å². The molecule has 0 unspecified atom stereocenters. The molecule has 0 saturated heterocycles. The Bertz CT molecular complexity index is 2490. The zero-order valence-electron chi connectivity index (χ0n) is 23.4. The van der Waals surface area contributed by atoms with E-state index in [9.17, 15) is 0 Å². The van der Waals surface area contributed by atoms with Crippen LogP contribution in [-0.2, 0) is 0 Å². The summed E-state index contributed by atoms with van der Waals surface area (Å²) in [7, 11) is 0. The van der Waals surface area contributed by atoms with Gasteiger partial charge in [0.05, 0.1) is 0 Å². The van der Waals surface area contributed by atoms with Crippen molar-refractivity contribution in [2.75, 3.05) is 0 Å². The third kappa shape index (κ3) is 3.75. The Morgan fingerprint density at radius 2 is 0.930 bits per heavy atom. The van der Waals surface area contributed by atoms with Crippen molar-refractivity contribution in [2.45, 2.75) is 0 Å². The van der Waals surface area contributed by atoms with E-state index in [1.807, 2.05) is 11.3 Å². The molecular formula is C42H26S. The number of hydrogen-bond acceptors (Lipinski definition) is 1. The highest BCUT2D eigenvalue weighted by molar-refractivity contribution is 7.25. The highest BCUT2D eigenvalue weighted by Crippen LogP contribution is 2.47. The van der Waals surface area contributed by atoms with Crippen LogP contribution in [-0.4, -0.2) is 0 Å². The summed E-state index contributed by atoms with van der Waals surface area (Å²) in [6, 6.07) is 58.0. The second-order valence-electron chi connectivity index (χ2n) is 11.2. The van der Waals surface area contributed by atoms with Crippen LogP contribution in [0.5, 0.6) is 0 Å². The molecule has 0 aliphatic rings. The van der Waals surface area contributed by atoms with Gasteiger partial charge < -0.3 is 0 Å². The van der Waals surface area contributed by atoms with Gasteiger partial charge in [-0.25, -0.2) is 0 Å². The van der Waals surface area contributed by atoms with Crippen molar-refractivity contribution in [2.24, 2.45) is 0 Å². The molecule has 0 aliphatic carbocycles. The highest BCUT2D eigenvalue weighted by Gasteiger charge is 2.19. The minimum atomic E-state index is 1.24. The second kappa shape index (κ2) is 9.66. The SMILES string of the molecule is c1ccc(-c2c3ccccc3c(-c3cccc4ccccc34)c3ccc(-c4cccc5sc6ccccc6c45)cc23)cc1. The van der Waals surface area contributed by atoms with Gasteiger partial charge in [-0.2, -0.15) is 0 Å². The lowest BCUT2D eigenvalue weighted by Gasteiger charge is -2.20. The summed E-state index contributed by atoms with van der Waals surface area (Å²) < 4.78 is 2.66. The maximum Gasteiger partial charge on any atom is 0.0361 e. The van der Waals surface area contributed by atoms with E-state index in [0.29, 0.717) is 0 Å². The average Bonchev–Trinajstić information content (AvgIpc) is 3.46. The van der Waals surface area contributed by atoms with E-state index in [-0.39, 0.29) is 0 Å². The van der Waals surface area contributed by atoms with Gasteiger partial charge in [-0.15, -0.1) is 11.3 Å². The quantitative estimate of drug-likeness (QED) is 0.188. The van der Waals surface area contributed by atoms with Crippen molar-refractivity contribution in [3.05, 3.63) is 158 Å². The Morgan fingerprint density at radius 3 is 1.79 bits per heavy atom. The monoisotopic (exact) mass is 562 g/mol. The van der Waals surface area contributed by atoms with Gasteiger partial charge in [-0.1, -0.05) is 140 Å². The van der Waals surface area contributed by atoms with Crippen LogP contribution in [0.2, 0.25) is 0 Å². The summed E-state index contributed by atoms with van der Waals surface area (Å²) in [5.74, 6) is 0. The van der Waals surface area contributed by atoms with Crippen molar-refractivity contribution in [1.82, 2.24) is 0 Å². The van der Waals surface area contributed by atoms with Crippen LogP contribution < -0.4 is 0 Å². The van der Waals surface area contributed by atoms with E-state index < -0.39 is 0 Å². The van der Waals surface area contributed by atoms with Crippen molar-refractivity contribution >= 4 is 63.8 Å². The first-order chi connectivity index (χ1) is 21.3. The molecule has 200 valence electrons. The molecule has 0 spiro atoms. The number of fused-ring (bicyclic) bond motifs is 6. The van der Waals surface area contributed by atoms with Crippen molar-refractivity contribution in [3.63, 3.8) is 0 Å². The van der Waals surface area contributed by atoms with Crippen LogP contribution in [0.4, 0.5) is 0 Å². The van der Waals surface area contributed by atoms with Crippen LogP contribution in [0.1, 0.15) is 0 Å². The zero-order valence-corrected chi connectivity index (χ0v) is 24.2.